The van der Waals surface area contributed by atoms with E-state index >= 15 is 0 Å². The molecule has 0 radical (unpaired) electrons. The van der Waals surface area contributed by atoms with Crippen LogP contribution in [0.15, 0.2) is 53.7 Å². The van der Waals surface area contributed by atoms with Gasteiger partial charge < -0.3 is 9.84 Å². The molecular formula is C16H14N2O3S. The Morgan fingerprint density at radius 1 is 1.32 bits per heavy atom. The monoisotopic (exact) mass is 314 g/mol. The molecular weight excluding hydrogens is 300 g/mol. The summed E-state index contributed by atoms with van der Waals surface area (Å²) in [5.41, 5.74) is 2.45. The van der Waals surface area contributed by atoms with Crippen LogP contribution in [-0.2, 0) is 5.75 Å². The van der Waals surface area contributed by atoms with Crippen LogP contribution in [0.1, 0.15) is 5.56 Å². The highest BCUT2D eigenvalue weighted by molar-refractivity contribution is 7.98. The molecule has 2 heterocycles. The van der Waals surface area contributed by atoms with Gasteiger partial charge in [-0.2, -0.15) is 0 Å². The Morgan fingerprint density at radius 2 is 2.09 bits per heavy atom. The molecule has 0 unspecified atom stereocenters. The van der Waals surface area contributed by atoms with E-state index in [-0.39, 0.29) is 0 Å². The number of fused-ring (bicyclic) bond motifs is 1. The van der Waals surface area contributed by atoms with Crippen molar-refractivity contribution < 1.29 is 14.6 Å². The molecule has 0 spiro atoms. The summed E-state index contributed by atoms with van der Waals surface area (Å²) in [6.07, 6.45) is 2.27. The molecule has 0 saturated carbocycles. The molecule has 2 aromatic heterocycles. The summed E-state index contributed by atoms with van der Waals surface area (Å²) in [5, 5.41) is 9.14. The molecule has 6 heteroatoms. The number of rotatable bonds is 4. The first-order valence-corrected chi connectivity index (χ1v) is 7.62. The van der Waals surface area contributed by atoms with E-state index in [0.29, 0.717) is 11.0 Å². The topological polar surface area (TPSA) is 64.4 Å². The first kappa shape index (κ1) is 14.5. The van der Waals surface area contributed by atoms with Gasteiger partial charge in [-0.25, -0.2) is 4.79 Å². The summed E-state index contributed by atoms with van der Waals surface area (Å²) < 4.78 is 6.31. The molecule has 0 bridgehead atoms. The van der Waals surface area contributed by atoms with Gasteiger partial charge in [0.05, 0.1) is 18.1 Å². The number of carbonyl (C=O) groups is 1. The van der Waals surface area contributed by atoms with Crippen molar-refractivity contribution in [1.82, 2.24) is 9.55 Å². The maximum absolute atomic E-state index is 11.1. The van der Waals surface area contributed by atoms with E-state index in [9.17, 15) is 4.79 Å². The highest BCUT2D eigenvalue weighted by atomic mass is 32.2. The summed E-state index contributed by atoms with van der Waals surface area (Å²) in [5.74, 6) is 1.61. The fourth-order valence-electron chi connectivity index (χ4n) is 2.13. The van der Waals surface area contributed by atoms with E-state index in [4.69, 9.17) is 9.84 Å². The maximum Gasteiger partial charge on any atom is 0.416 e. The van der Waals surface area contributed by atoms with Gasteiger partial charge in [-0.05, 0) is 29.8 Å². The summed E-state index contributed by atoms with van der Waals surface area (Å²) in [4.78, 5) is 16.4. The summed E-state index contributed by atoms with van der Waals surface area (Å²) in [6.45, 7) is 0. The SMILES string of the molecule is COc1ccc(CSc2cnc3ccn(C(=O)O)c3c2)cc1. The van der Waals surface area contributed by atoms with Crippen LogP contribution in [0.5, 0.6) is 5.75 Å². The molecule has 0 saturated heterocycles. The quantitative estimate of drug-likeness (QED) is 0.741. The zero-order chi connectivity index (χ0) is 15.5. The van der Waals surface area contributed by atoms with Gasteiger partial charge in [0.25, 0.3) is 0 Å². The number of pyridine rings is 1. The lowest BCUT2D eigenvalue weighted by Gasteiger charge is -2.05. The van der Waals surface area contributed by atoms with Gasteiger partial charge in [0.2, 0.25) is 0 Å². The zero-order valence-electron chi connectivity index (χ0n) is 11.9. The number of carboxylic acid groups (broad SMARTS) is 1. The lowest BCUT2D eigenvalue weighted by molar-refractivity contribution is 0.197. The molecule has 0 fully saturated rings. The number of thioether (sulfide) groups is 1. The Bertz CT molecular complexity index is 812. The molecule has 112 valence electrons. The molecule has 5 nitrogen and oxygen atoms in total. The fraction of sp³-hybridized carbons (Fsp3) is 0.125. The Kier molecular flexibility index (Phi) is 4.02. The molecule has 3 rings (SSSR count). The van der Waals surface area contributed by atoms with Crippen LogP contribution in [0, 0.1) is 0 Å². The molecule has 0 amide bonds. The first-order chi connectivity index (χ1) is 10.7. The summed E-state index contributed by atoms with van der Waals surface area (Å²) in [7, 11) is 1.64. The number of benzene rings is 1. The van der Waals surface area contributed by atoms with E-state index < -0.39 is 6.09 Å². The number of hydrogen-bond donors (Lipinski definition) is 1. The smallest absolute Gasteiger partial charge is 0.416 e. The van der Waals surface area contributed by atoms with Gasteiger partial charge in [0, 0.05) is 23.0 Å². The first-order valence-electron chi connectivity index (χ1n) is 6.63. The fourth-order valence-corrected chi connectivity index (χ4v) is 2.97. The van der Waals surface area contributed by atoms with E-state index in [1.54, 1.807) is 31.1 Å². The Hall–Kier alpha value is -2.47. The van der Waals surface area contributed by atoms with Gasteiger partial charge in [-0.15, -0.1) is 11.8 Å². The van der Waals surface area contributed by atoms with Crippen LogP contribution in [-0.4, -0.2) is 27.9 Å². The molecule has 1 aromatic carbocycles. The molecule has 0 aliphatic heterocycles. The molecule has 3 aromatic rings. The molecule has 0 atom stereocenters. The second-order valence-electron chi connectivity index (χ2n) is 4.68. The largest absolute Gasteiger partial charge is 0.497 e. The average Bonchev–Trinajstić information content (AvgIpc) is 2.96. The average molecular weight is 314 g/mol. The number of methoxy groups -OCH3 is 1. The van der Waals surface area contributed by atoms with E-state index in [2.05, 4.69) is 4.98 Å². The van der Waals surface area contributed by atoms with Crippen molar-refractivity contribution in [2.45, 2.75) is 10.6 Å². The van der Waals surface area contributed by atoms with E-state index in [1.165, 1.54) is 16.3 Å². The van der Waals surface area contributed by atoms with Crippen LogP contribution in [0.3, 0.4) is 0 Å². The van der Waals surface area contributed by atoms with Gasteiger partial charge in [0.1, 0.15) is 5.75 Å². The van der Waals surface area contributed by atoms with Gasteiger partial charge in [-0.1, -0.05) is 12.1 Å². The van der Waals surface area contributed by atoms with E-state index in [1.807, 2.05) is 30.3 Å². The Balaban J connectivity index is 1.78. The van der Waals surface area contributed by atoms with Crippen molar-refractivity contribution in [3.8, 4) is 5.75 Å². The van der Waals surface area contributed by atoms with Crippen molar-refractivity contribution in [3.05, 3.63) is 54.4 Å². The molecule has 0 aliphatic rings. The minimum absolute atomic E-state index is 0.604. The van der Waals surface area contributed by atoms with E-state index in [0.717, 1.165) is 16.4 Å². The minimum Gasteiger partial charge on any atom is -0.497 e. The number of ether oxygens (including phenoxy) is 1. The van der Waals surface area contributed by atoms with Crippen molar-refractivity contribution in [2.75, 3.05) is 7.11 Å². The lowest BCUT2D eigenvalue weighted by Crippen LogP contribution is -2.05. The van der Waals surface area contributed by atoms with Crippen LogP contribution < -0.4 is 4.74 Å². The third kappa shape index (κ3) is 2.92. The predicted octanol–water partition coefficient (Wildman–Crippen LogP) is 3.86. The van der Waals surface area contributed by atoms with Crippen LogP contribution in [0.4, 0.5) is 4.79 Å². The second kappa shape index (κ2) is 6.11. The third-order valence-electron chi connectivity index (χ3n) is 3.28. The van der Waals surface area contributed by atoms with Crippen LogP contribution in [0.2, 0.25) is 0 Å². The number of aromatic nitrogens is 2. The molecule has 1 N–H and O–H groups in total. The van der Waals surface area contributed by atoms with Crippen molar-refractivity contribution >= 4 is 28.9 Å². The third-order valence-corrected chi connectivity index (χ3v) is 4.32. The maximum atomic E-state index is 11.1. The highest BCUT2D eigenvalue weighted by Gasteiger charge is 2.08. The minimum atomic E-state index is -1.01. The number of nitrogens with zero attached hydrogens (tertiary/aromatic N) is 2. The second-order valence-corrected chi connectivity index (χ2v) is 5.73. The van der Waals surface area contributed by atoms with Gasteiger partial charge in [-0.3, -0.25) is 9.55 Å². The normalized spacial score (nSPS) is 10.8. The van der Waals surface area contributed by atoms with Crippen molar-refractivity contribution in [1.29, 1.82) is 0 Å². The summed E-state index contributed by atoms with van der Waals surface area (Å²) >= 11 is 1.62. The Morgan fingerprint density at radius 3 is 2.77 bits per heavy atom. The molecule has 22 heavy (non-hydrogen) atoms. The zero-order valence-corrected chi connectivity index (χ0v) is 12.7. The predicted molar refractivity (Wildman–Crippen MR) is 85.7 cm³/mol. The highest BCUT2D eigenvalue weighted by Crippen LogP contribution is 2.26. The van der Waals surface area contributed by atoms with Crippen LogP contribution >= 0.6 is 11.8 Å². The van der Waals surface area contributed by atoms with Crippen molar-refractivity contribution in [2.24, 2.45) is 0 Å². The van der Waals surface area contributed by atoms with Crippen LogP contribution in [0.25, 0.3) is 11.0 Å². The number of hydrogen-bond acceptors (Lipinski definition) is 4. The van der Waals surface area contributed by atoms with Gasteiger partial charge in [0.15, 0.2) is 0 Å². The standard InChI is InChI=1S/C16H14N2O3S/c1-21-12-4-2-11(3-5-12)10-22-13-8-15-14(17-9-13)6-7-18(15)16(19)20/h2-9H,10H2,1H3,(H,19,20). The summed E-state index contributed by atoms with van der Waals surface area (Å²) in [6, 6.07) is 11.4. The lowest BCUT2D eigenvalue weighted by atomic mass is 10.2. The Labute approximate surface area is 131 Å². The molecule has 0 aliphatic carbocycles. The van der Waals surface area contributed by atoms with Crippen molar-refractivity contribution in [3.63, 3.8) is 0 Å². The van der Waals surface area contributed by atoms with Gasteiger partial charge >= 0.3 is 6.09 Å².